The fourth-order valence-electron chi connectivity index (χ4n) is 4.25. The van der Waals surface area contributed by atoms with Crippen molar-refractivity contribution in [2.75, 3.05) is 25.1 Å². The first-order valence-electron chi connectivity index (χ1n) is 14.5. The van der Waals surface area contributed by atoms with Gasteiger partial charge >= 0.3 is 5.97 Å². The van der Waals surface area contributed by atoms with E-state index in [1.54, 1.807) is 78.9 Å². The second kappa shape index (κ2) is 15.7. The van der Waals surface area contributed by atoms with E-state index in [0.717, 1.165) is 5.56 Å². The molecule has 2 N–H and O–H groups in total. The third kappa shape index (κ3) is 8.93. The Labute approximate surface area is 262 Å². The Bertz CT molecular complexity index is 1700. The van der Waals surface area contributed by atoms with Crippen LogP contribution in [0.25, 0.3) is 0 Å². The number of esters is 1. The molecular weight excluding hydrogens is 574 g/mol. The Balaban J connectivity index is 1.40. The van der Waals surface area contributed by atoms with Gasteiger partial charge in [-0.05, 0) is 100.0 Å². The molecule has 0 saturated carbocycles. The number of carbonyl (C=O) groups is 3. The molecular formula is C35H35N3O7. The van der Waals surface area contributed by atoms with Crippen LogP contribution in [0.2, 0.25) is 0 Å². The zero-order valence-corrected chi connectivity index (χ0v) is 25.6. The van der Waals surface area contributed by atoms with E-state index in [9.17, 15) is 14.4 Å². The van der Waals surface area contributed by atoms with Crippen molar-refractivity contribution in [3.63, 3.8) is 0 Å². The molecule has 4 rings (SSSR count). The molecule has 0 fully saturated rings. The van der Waals surface area contributed by atoms with Crippen LogP contribution in [0.5, 0.6) is 23.0 Å². The van der Waals surface area contributed by atoms with E-state index in [1.807, 2.05) is 33.8 Å². The number of anilines is 1. The fraction of sp³-hybridized carbons (Fsp3) is 0.200. The van der Waals surface area contributed by atoms with Gasteiger partial charge in [-0.2, -0.15) is 5.10 Å². The maximum Gasteiger partial charge on any atom is 0.343 e. The summed E-state index contributed by atoms with van der Waals surface area (Å²) in [6.45, 7) is 8.68. The van der Waals surface area contributed by atoms with Crippen molar-refractivity contribution in [1.29, 1.82) is 0 Å². The zero-order valence-electron chi connectivity index (χ0n) is 25.6. The standard InChI is InChI=1S/C35H35N3O7/c1-5-42-29-17-15-26(21-32(29)44-7-3)33(39)37-28-13-9-11-25(20-28)34(40)38-36-22-24-14-16-30(31(19-24)43-6-2)45-35(41)27-12-8-10-23(4)18-27/h8-22H,5-7H2,1-4H3,(H,37,39)(H,38,40). The lowest BCUT2D eigenvalue weighted by Gasteiger charge is -2.13. The van der Waals surface area contributed by atoms with Crippen LogP contribution in [-0.2, 0) is 0 Å². The van der Waals surface area contributed by atoms with Crippen LogP contribution in [0.1, 0.15) is 63.0 Å². The Morgan fingerprint density at radius 1 is 0.667 bits per heavy atom. The predicted molar refractivity (Wildman–Crippen MR) is 172 cm³/mol. The number of nitrogens with zero attached hydrogens (tertiary/aromatic N) is 1. The Hall–Kier alpha value is -5.64. The van der Waals surface area contributed by atoms with Gasteiger partial charge in [-0.1, -0.05) is 23.8 Å². The van der Waals surface area contributed by atoms with E-state index in [-0.39, 0.29) is 11.7 Å². The summed E-state index contributed by atoms with van der Waals surface area (Å²) >= 11 is 0. The monoisotopic (exact) mass is 609 g/mol. The molecule has 0 bridgehead atoms. The van der Waals surface area contributed by atoms with Crippen molar-refractivity contribution in [2.45, 2.75) is 27.7 Å². The number of ether oxygens (including phenoxy) is 4. The van der Waals surface area contributed by atoms with Crippen LogP contribution >= 0.6 is 0 Å². The second-order valence-corrected chi connectivity index (χ2v) is 9.66. The predicted octanol–water partition coefficient (Wildman–Crippen LogP) is 6.43. The van der Waals surface area contributed by atoms with Gasteiger partial charge in [0.2, 0.25) is 0 Å². The van der Waals surface area contributed by atoms with Gasteiger partial charge in [0.05, 0.1) is 31.6 Å². The molecule has 232 valence electrons. The van der Waals surface area contributed by atoms with Crippen LogP contribution in [0.3, 0.4) is 0 Å². The first-order chi connectivity index (χ1) is 21.8. The number of hydrogen-bond donors (Lipinski definition) is 2. The molecule has 0 unspecified atom stereocenters. The van der Waals surface area contributed by atoms with Crippen LogP contribution < -0.4 is 29.7 Å². The molecule has 2 amide bonds. The molecule has 10 nitrogen and oxygen atoms in total. The summed E-state index contributed by atoms with van der Waals surface area (Å²) in [5.74, 6) is 0.317. The SMILES string of the molecule is CCOc1ccc(C(=O)Nc2cccc(C(=O)NN=Cc3ccc(OC(=O)c4cccc(C)c4)c(OCC)c3)c2)cc1OCC. The van der Waals surface area contributed by atoms with Crippen molar-refractivity contribution < 1.29 is 33.3 Å². The average molecular weight is 610 g/mol. The van der Waals surface area contributed by atoms with E-state index < -0.39 is 11.9 Å². The number of amides is 2. The van der Waals surface area contributed by atoms with Crippen LogP contribution in [0.15, 0.2) is 90.0 Å². The van der Waals surface area contributed by atoms with Crippen molar-refractivity contribution in [1.82, 2.24) is 5.43 Å². The molecule has 4 aromatic rings. The molecule has 0 radical (unpaired) electrons. The quantitative estimate of drug-likeness (QED) is 0.0775. The summed E-state index contributed by atoms with van der Waals surface area (Å²) in [5, 5.41) is 6.86. The fourth-order valence-corrected chi connectivity index (χ4v) is 4.25. The normalized spacial score (nSPS) is 10.7. The highest BCUT2D eigenvalue weighted by Gasteiger charge is 2.15. The van der Waals surface area contributed by atoms with Gasteiger partial charge in [-0.3, -0.25) is 9.59 Å². The van der Waals surface area contributed by atoms with E-state index in [2.05, 4.69) is 15.8 Å². The third-order valence-corrected chi connectivity index (χ3v) is 6.29. The van der Waals surface area contributed by atoms with E-state index >= 15 is 0 Å². The number of carbonyl (C=O) groups excluding carboxylic acids is 3. The Kier molecular flexibility index (Phi) is 11.3. The van der Waals surface area contributed by atoms with Gasteiger partial charge in [0.25, 0.3) is 11.8 Å². The molecule has 0 aliphatic rings. The number of hydrogen-bond acceptors (Lipinski definition) is 8. The maximum atomic E-state index is 12.9. The molecule has 10 heteroatoms. The topological polar surface area (TPSA) is 125 Å². The summed E-state index contributed by atoms with van der Waals surface area (Å²) < 4.78 is 22.4. The van der Waals surface area contributed by atoms with E-state index in [4.69, 9.17) is 18.9 Å². The smallest absolute Gasteiger partial charge is 0.343 e. The molecule has 0 aliphatic heterocycles. The second-order valence-electron chi connectivity index (χ2n) is 9.66. The first-order valence-corrected chi connectivity index (χ1v) is 14.5. The molecule has 0 aliphatic carbocycles. The summed E-state index contributed by atoms with van der Waals surface area (Å²) in [6, 6.07) is 23.5. The summed E-state index contributed by atoms with van der Waals surface area (Å²) in [4.78, 5) is 38.4. The molecule has 4 aromatic carbocycles. The van der Waals surface area contributed by atoms with Gasteiger partial charge in [-0.25, -0.2) is 10.2 Å². The lowest BCUT2D eigenvalue weighted by atomic mass is 10.1. The highest BCUT2D eigenvalue weighted by atomic mass is 16.6. The summed E-state index contributed by atoms with van der Waals surface area (Å²) in [5.41, 5.74) is 5.57. The van der Waals surface area contributed by atoms with Crippen molar-refractivity contribution in [2.24, 2.45) is 5.10 Å². The number of benzene rings is 4. The molecule has 0 spiro atoms. The van der Waals surface area contributed by atoms with Crippen LogP contribution in [-0.4, -0.2) is 43.8 Å². The minimum Gasteiger partial charge on any atom is -0.490 e. The molecule has 0 aromatic heterocycles. The lowest BCUT2D eigenvalue weighted by molar-refractivity contribution is 0.0727. The highest BCUT2D eigenvalue weighted by Crippen LogP contribution is 2.30. The van der Waals surface area contributed by atoms with E-state index in [1.165, 1.54) is 6.21 Å². The van der Waals surface area contributed by atoms with Crippen molar-refractivity contribution in [3.05, 3.63) is 113 Å². The number of hydrazone groups is 1. The van der Waals surface area contributed by atoms with Crippen LogP contribution in [0.4, 0.5) is 5.69 Å². The minimum atomic E-state index is -0.499. The summed E-state index contributed by atoms with van der Waals surface area (Å²) in [6.07, 6.45) is 1.44. The Morgan fingerprint density at radius 3 is 2.04 bits per heavy atom. The molecule has 0 atom stereocenters. The number of nitrogens with one attached hydrogen (secondary N) is 2. The first kappa shape index (κ1) is 32.3. The lowest BCUT2D eigenvalue weighted by Crippen LogP contribution is -2.18. The van der Waals surface area contributed by atoms with Crippen molar-refractivity contribution in [3.8, 4) is 23.0 Å². The third-order valence-electron chi connectivity index (χ3n) is 6.29. The van der Waals surface area contributed by atoms with Crippen molar-refractivity contribution >= 4 is 29.7 Å². The molecule has 0 saturated heterocycles. The summed E-state index contributed by atoms with van der Waals surface area (Å²) in [7, 11) is 0. The average Bonchev–Trinajstić information content (AvgIpc) is 3.03. The van der Waals surface area contributed by atoms with Gasteiger partial charge in [0.1, 0.15) is 0 Å². The van der Waals surface area contributed by atoms with E-state index in [0.29, 0.717) is 65.0 Å². The zero-order chi connectivity index (χ0) is 32.2. The van der Waals surface area contributed by atoms with Gasteiger partial charge in [0.15, 0.2) is 23.0 Å². The van der Waals surface area contributed by atoms with Gasteiger partial charge < -0.3 is 24.3 Å². The maximum absolute atomic E-state index is 12.9. The van der Waals surface area contributed by atoms with Crippen LogP contribution in [0, 0.1) is 6.92 Å². The number of aryl methyl sites for hydroxylation is 1. The largest absolute Gasteiger partial charge is 0.490 e. The molecule has 0 heterocycles. The highest BCUT2D eigenvalue weighted by molar-refractivity contribution is 6.05. The Morgan fingerprint density at radius 2 is 1.31 bits per heavy atom. The van der Waals surface area contributed by atoms with Gasteiger partial charge in [-0.15, -0.1) is 0 Å². The molecule has 45 heavy (non-hydrogen) atoms. The number of rotatable bonds is 13. The minimum absolute atomic E-state index is 0.266. The van der Waals surface area contributed by atoms with Gasteiger partial charge in [0, 0.05) is 16.8 Å².